The molecule has 0 saturated heterocycles. The SMILES string of the molecule is COCCc1ccc(Oc2ccc(C(N)=S)cc2F)cc1. The molecule has 5 heteroatoms. The molecule has 0 unspecified atom stereocenters. The van der Waals surface area contributed by atoms with Crippen molar-refractivity contribution in [1.29, 1.82) is 0 Å². The van der Waals surface area contributed by atoms with Crippen molar-refractivity contribution in [3.8, 4) is 11.5 Å². The first-order valence-corrected chi connectivity index (χ1v) is 6.86. The van der Waals surface area contributed by atoms with Crippen molar-refractivity contribution in [2.24, 2.45) is 5.73 Å². The minimum Gasteiger partial charge on any atom is -0.454 e. The molecule has 2 rings (SSSR count). The van der Waals surface area contributed by atoms with E-state index in [9.17, 15) is 4.39 Å². The number of methoxy groups -OCH3 is 1. The standard InChI is InChI=1S/C16H16FNO2S/c1-19-9-8-11-2-5-13(6-3-11)20-15-7-4-12(16(18)21)10-14(15)17/h2-7,10H,8-9H2,1H3,(H2,18,21). The van der Waals surface area contributed by atoms with Gasteiger partial charge < -0.3 is 15.2 Å². The van der Waals surface area contributed by atoms with E-state index in [1.165, 1.54) is 12.1 Å². The van der Waals surface area contributed by atoms with Crippen LogP contribution < -0.4 is 10.5 Å². The summed E-state index contributed by atoms with van der Waals surface area (Å²) < 4.78 is 24.4. The van der Waals surface area contributed by atoms with Crippen LogP contribution in [0.5, 0.6) is 11.5 Å². The van der Waals surface area contributed by atoms with Gasteiger partial charge in [0.25, 0.3) is 0 Å². The Labute approximate surface area is 128 Å². The average molecular weight is 305 g/mol. The minimum absolute atomic E-state index is 0.139. The molecule has 0 aliphatic carbocycles. The summed E-state index contributed by atoms with van der Waals surface area (Å²) in [5, 5.41) is 0. The maximum atomic E-state index is 13.9. The van der Waals surface area contributed by atoms with E-state index in [-0.39, 0.29) is 10.7 Å². The van der Waals surface area contributed by atoms with Gasteiger partial charge >= 0.3 is 0 Å². The highest BCUT2D eigenvalue weighted by molar-refractivity contribution is 7.80. The number of nitrogens with two attached hydrogens (primary N) is 1. The van der Waals surface area contributed by atoms with Crippen molar-refractivity contribution >= 4 is 17.2 Å². The summed E-state index contributed by atoms with van der Waals surface area (Å²) in [4.78, 5) is 0.156. The normalized spacial score (nSPS) is 10.4. The molecule has 21 heavy (non-hydrogen) atoms. The highest BCUT2D eigenvalue weighted by Gasteiger charge is 2.07. The summed E-state index contributed by atoms with van der Waals surface area (Å²) in [6, 6.07) is 11.9. The van der Waals surface area contributed by atoms with Crippen LogP contribution >= 0.6 is 12.2 Å². The first-order chi connectivity index (χ1) is 10.1. The van der Waals surface area contributed by atoms with Crippen LogP contribution in [0, 0.1) is 5.82 Å². The number of hydrogen-bond acceptors (Lipinski definition) is 3. The van der Waals surface area contributed by atoms with Crippen LogP contribution in [-0.4, -0.2) is 18.7 Å². The Kier molecular flexibility index (Phi) is 5.25. The predicted molar refractivity (Wildman–Crippen MR) is 84.4 cm³/mol. The predicted octanol–water partition coefficient (Wildman–Crippen LogP) is 3.44. The Bertz CT molecular complexity index is 629. The number of hydrogen-bond donors (Lipinski definition) is 1. The van der Waals surface area contributed by atoms with E-state index in [4.69, 9.17) is 27.4 Å². The zero-order valence-corrected chi connectivity index (χ0v) is 12.5. The molecule has 0 bridgehead atoms. The Morgan fingerprint density at radius 3 is 2.48 bits per heavy atom. The van der Waals surface area contributed by atoms with Crippen LogP contribution in [0.4, 0.5) is 4.39 Å². The molecule has 2 aromatic rings. The van der Waals surface area contributed by atoms with Crippen molar-refractivity contribution in [2.45, 2.75) is 6.42 Å². The van der Waals surface area contributed by atoms with Gasteiger partial charge in [-0.25, -0.2) is 4.39 Å². The van der Waals surface area contributed by atoms with E-state index in [0.717, 1.165) is 12.0 Å². The van der Waals surface area contributed by atoms with Gasteiger partial charge in [0.15, 0.2) is 11.6 Å². The second-order valence-electron chi connectivity index (χ2n) is 4.50. The summed E-state index contributed by atoms with van der Waals surface area (Å²) in [6.07, 6.45) is 0.827. The van der Waals surface area contributed by atoms with Crippen LogP contribution in [0.1, 0.15) is 11.1 Å². The van der Waals surface area contributed by atoms with Gasteiger partial charge in [-0.1, -0.05) is 24.4 Å². The Morgan fingerprint density at radius 2 is 1.90 bits per heavy atom. The second-order valence-corrected chi connectivity index (χ2v) is 4.94. The van der Waals surface area contributed by atoms with Gasteiger partial charge in [-0.05, 0) is 42.3 Å². The highest BCUT2D eigenvalue weighted by Crippen LogP contribution is 2.25. The molecule has 2 N–H and O–H groups in total. The summed E-state index contributed by atoms with van der Waals surface area (Å²) in [6.45, 7) is 0.662. The van der Waals surface area contributed by atoms with E-state index in [2.05, 4.69) is 0 Å². The van der Waals surface area contributed by atoms with Crippen LogP contribution in [0.25, 0.3) is 0 Å². The summed E-state index contributed by atoms with van der Waals surface area (Å²) in [5.74, 6) is 0.210. The van der Waals surface area contributed by atoms with Gasteiger partial charge in [-0.3, -0.25) is 0 Å². The molecule has 0 heterocycles. The fourth-order valence-corrected chi connectivity index (χ4v) is 1.93. The van der Waals surface area contributed by atoms with Gasteiger partial charge in [0.2, 0.25) is 0 Å². The van der Waals surface area contributed by atoms with Crippen molar-refractivity contribution in [3.63, 3.8) is 0 Å². The molecule has 110 valence electrons. The third kappa shape index (κ3) is 4.24. The molecule has 3 nitrogen and oxygen atoms in total. The average Bonchev–Trinajstić information content (AvgIpc) is 2.48. The number of rotatable bonds is 6. The highest BCUT2D eigenvalue weighted by atomic mass is 32.1. The smallest absolute Gasteiger partial charge is 0.166 e. The lowest BCUT2D eigenvalue weighted by molar-refractivity contribution is 0.202. The second kappa shape index (κ2) is 7.15. The van der Waals surface area contributed by atoms with Crippen LogP contribution in [-0.2, 0) is 11.2 Å². The van der Waals surface area contributed by atoms with E-state index < -0.39 is 5.82 Å². The fraction of sp³-hybridized carbons (Fsp3) is 0.188. The summed E-state index contributed by atoms with van der Waals surface area (Å²) in [7, 11) is 1.66. The van der Waals surface area contributed by atoms with Crippen molar-refractivity contribution in [1.82, 2.24) is 0 Å². The van der Waals surface area contributed by atoms with E-state index in [1.807, 2.05) is 12.1 Å². The number of benzene rings is 2. The maximum Gasteiger partial charge on any atom is 0.166 e. The first kappa shape index (κ1) is 15.4. The molecule has 0 fully saturated rings. The molecule has 0 spiro atoms. The monoisotopic (exact) mass is 305 g/mol. The number of halogens is 1. The van der Waals surface area contributed by atoms with E-state index in [0.29, 0.717) is 17.9 Å². The van der Waals surface area contributed by atoms with Gasteiger partial charge in [-0.2, -0.15) is 0 Å². The maximum absolute atomic E-state index is 13.9. The van der Waals surface area contributed by atoms with Crippen molar-refractivity contribution in [2.75, 3.05) is 13.7 Å². The summed E-state index contributed by atoms with van der Waals surface area (Å²) in [5.41, 5.74) is 7.07. The minimum atomic E-state index is -0.497. The molecule has 0 amide bonds. The quantitative estimate of drug-likeness (QED) is 0.830. The molecule has 0 aliphatic rings. The topological polar surface area (TPSA) is 44.5 Å². The van der Waals surface area contributed by atoms with Gasteiger partial charge in [0.05, 0.1) is 6.61 Å². The largest absolute Gasteiger partial charge is 0.454 e. The van der Waals surface area contributed by atoms with Crippen molar-refractivity contribution < 1.29 is 13.9 Å². The zero-order valence-electron chi connectivity index (χ0n) is 11.6. The van der Waals surface area contributed by atoms with E-state index in [1.54, 1.807) is 25.3 Å². The lowest BCUT2D eigenvalue weighted by Gasteiger charge is -2.09. The number of ether oxygens (including phenoxy) is 2. The molecule has 2 aromatic carbocycles. The summed E-state index contributed by atoms with van der Waals surface area (Å²) >= 11 is 4.80. The van der Waals surface area contributed by atoms with Crippen LogP contribution in [0.2, 0.25) is 0 Å². The molecule has 0 radical (unpaired) electrons. The Morgan fingerprint density at radius 1 is 1.19 bits per heavy atom. The fourth-order valence-electron chi connectivity index (χ4n) is 1.81. The zero-order chi connectivity index (χ0) is 15.2. The Balaban J connectivity index is 2.09. The van der Waals surface area contributed by atoms with E-state index >= 15 is 0 Å². The van der Waals surface area contributed by atoms with Crippen LogP contribution in [0.3, 0.4) is 0 Å². The first-order valence-electron chi connectivity index (χ1n) is 6.45. The van der Waals surface area contributed by atoms with Crippen molar-refractivity contribution in [3.05, 3.63) is 59.4 Å². The van der Waals surface area contributed by atoms with Gasteiger partial charge in [0.1, 0.15) is 10.7 Å². The third-order valence-corrected chi connectivity index (χ3v) is 3.20. The van der Waals surface area contributed by atoms with Gasteiger partial charge in [0, 0.05) is 12.7 Å². The van der Waals surface area contributed by atoms with Crippen LogP contribution in [0.15, 0.2) is 42.5 Å². The Hall–Kier alpha value is -1.98. The van der Waals surface area contributed by atoms with Gasteiger partial charge in [-0.15, -0.1) is 0 Å². The molecule has 0 saturated carbocycles. The molecule has 0 aliphatic heterocycles. The lowest BCUT2D eigenvalue weighted by Crippen LogP contribution is -2.09. The lowest BCUT2D eigenvalue weighted by atomic mass is 10.1. The molecule has 0 aromatic heterocycles. The molecular formula is C16H16FNO2S. The third-order valence-electron chi connectivity index (χ3n) is 2.96. The molecular weight excluding hydrogens is 289 g/mol. The molecule has 0 atom stereocenters. The number of thiocarbonyl (C=S) groups is 1.